The first-order valence-corrected chi connectivity index (χ1v) is 7.76. The number of rotatable bonds is 12. The summed E-state index contributed by atoms with van der Waals surface area (Å²) in [5.74, 6) is 0. The van der Waals surface area contributed by atoms with Crippen molar-refractivity contribution in [1.29, 1.82) is 0 Å². The topological polar surface area (TPSA) is 0 Å². The van der Waals surface area contributed by atoms with Crippen LogP contribution in [0.25, 0.3) is 0 Å². The van der Waals surface area contributed by atoms with E-state index in [1.54, 1.807) is 0 Å². The van der Waals surface area contributed by atoms with Crippen molar-refractivity contribution in [3.05, 3.63) is 18.6 Å². The molecule has 0 aromatic carbocycles. The summed E-state index contributed by atoms with van der Waals surface area (Å²) in [4.78, 5) is 0. The second-order valence-corrected chi connectivity index (χ2v) is 5.37. The van der Waals surface area contributed by atoms with Gasteiger partial charge in [-0.25, -0.2) is 0 Å². The molecular weight excluding hydrogens is 204 g/mol. The van der Waals surface area contributed by atoms with E-state index >= 15 is 0 Å². The highest BCUT2D eigenvalue weighted by molar-refractivity contribution is 5.00. The third-order valence-corrected chi connectivity index (χ3v) is 3.30. The molecule has 0 rings (SSSR count). The summed E-state index contributed by atoms with van der Waals surface area (Å²) in [5.41, 5.74) is 1.22. The molecule has 0 aromatic rings. The Hall–Kier alpha value is -0.260. The van der Waals surface area contributed by atoms with Gasteiger partial charge in [0.2, 0.25) is 0 Å². The zero-order valence-corrected chi connectivity index (χ0v) is 12.3. The monoisotopic (exact) mass is 237 g/mol. The zero-order valence-electron chi connectivity index (χ0n) is 12.3. The second-order valence-electron chi connectivity index (χ2n) is 5.37. The molecule has 1 radical (unpaired) electrons. The smallest absolute Gasteiger partial charge is 0.0286 e. The van der Waals surface area contributed by atoms with Crippen molar-refractivity contribution in [3.8, 4) is 0 Å². The van der Waals surface area contributed by atoms with E-state index in [0.29, 0.717) is 0 Å². The predicted molar refractivity (Wildman–Crippen MR) is 80.2 cm³/mol. The molecule has 0 spiro atoms. The van der Waals surface area contributed by atoms with E-state index in [1.165, 1.54) is 82.6 Å². The summed E-state index contributed by atoms with van der Waals surface area (Å²) in [6, 6.07) is 0. The summed E-state index contributed by atoms with van der Waals surface area (Å²) in [5, 5.41) is 0. The van der Waals surface area contributed by atoms with Crippen LogP contribution in [0.4, 0.5) is 0 Å². The van der Waals surface area contributed by atoms with Gasteiger partial charge in [0.1, 0.15) is 0 Å². The van der Waals surface area contributed by atoms with Crippen LogP contribution in [-0.4, -0.2) is 0 Å². The molecule has 101 valence electrons. The summed E-state index contributed by atoms with van der Waals surface area (Å²) in [7, 11) is 0. The number of unbranched alkanes of at least 4 members (excludes halogenated alkanes) is 11. The molecule has 0 aliphatic carbocycles. The summed E-state index contributed by atoms with van der Waals surface area (Å²) in [6.45, 7) is 8.25. The Kier molecular flexibility index (Phi) is 13.6. The van der Waals surface area contributed by atoms with Crippen LogP contribution < -0.4 is 0 Å². The summed E-state index contributed by atoms with van der Waals surface area (Å²) < 4.78 is 0. The molecule has 0 nitrogen and oxygen atoms in total. The molecule has 0 heterocycles. The minimum atomic E-state index is 1.22. The molecule has 0 bridgehead atoms. The predicted octanol–water partition coefficient (Wildman–Crippen LogP) is 6.47. The normalized spacial score (nSPS) is 12.1. The molecule has 0 aliphatic rings. The minimum absolute atomic E-state index is 1.22. The maximum absolute atomic E-state index is 3.89. The lowest BCUT2D eigenvalue weighted by molar-refractivity contribution is 0.550. The lowest BCUT2D eigenvalue weighted by atomic mass is 10.1. The van der Waals surface area contributed by atoms with Crippen molar-refractivity contribution in [1.82, 2.24) is 0 Å². The average molecular weight is 237 g/mol. The number of allylic oxidation sites excluding steroid dienone is 2. The van der Waals surface area contributed by atoms with E-state index in [4.69, 9.17) is 0 Å². The Morgan fingerprint density at radius 3 is 1.59 bits per heavy atom. The van der Waals surface area contributed by atoms with Crippen molar-refractivity contribution < 1.29 is 0 Å². The minimum Gasteiger partial charge on any atom is -0.0856 e. The first kappa shape index (κ1) is 16.7. The van der Waals surface area contributed by atoms with Gasteiger partial charge in [-0.3, -0.25) is 0 Å². The van der Waals surface area contributed by atoms with Crippen molar-refractivity contribution in [2.45, 2.75) is 90.9 Å². The first-order chi connectivity index (χ1) is 8.27. The zero-order chi connectivity index (χ0) is 12.8. The first-order valence-electron chi connectivity index (χ1n) is 7.76. The van der Waals surface area contributed by atoms with Gasteiger partial charge in [0, 0.05) is 0 Å². The second kappa shape index (κ2) is 13.8. The molecule has 0 aromatic heterocycles. The van der Waals surface area contributed by atoms with E-state index in [2.05, 4.69) is 26.8 Å². The molecule has 0 saturated carbocycles. The lowest BCUT2D eigenvalue weighted by Crippen LogP contribution is -1.82. The molecule has 17 heavy (non-hydrogen) atoms. The van der Waals surface area contributed by atoms with Gasteiger partial charge < -0.3 is 0 Å². The van der Waals surface area contributed by atoms with Crippen molar-refractivity contribution in [2.24, 2.45) is 0 Å². The Balaban J connectivity index is 2.96. The van der Waals surface area contributed by atoms with Crippen LogP contribution in [0.1, 0.15) is 90.9 Å². The maximum atomic E-state index is 3.89. The van der Waals surface area contributed by atoms with Crippen LogP contribution in [-0.2, 0) is 0 Å². The van der Waals surface area contributed by atoms with Crippen molar-refractivity contribution in [2.75, 3.05) is 0 Å². The molecule has 0 unspecified atom stereocenters. The fourth-order valence-electron chi connectivity index (χ4n) is 2.16. The highest BCUT2D eigenvalue weighted by atomic mass is 14.0. The van der Waals surface area contributed by atoms with E-state index in [9.17, 15) is 0 Å². The highest BCUT2D eigenvalue weighted by Gasteiger charge is 1.92. The quantitative estimate of drug-likeness (QED) is 0.341. The van der Waals surface area contributed by atoms with Crippen LogP contribution in [0.15, 0.2) is 11.6 Å². The van der Waals surface area contributed by atoms with E-state index in [0.717, 1.165) is 0 Å². The van der Waals surface area contributed by atoms with Gasteiger partial charge in [-0.15, -0.1) is 0 Å². The Morgan fingerprint density at radius 1 is 0.765 bits per heavy atom. The number of hydrogen-bond donors (Lipinski definition) is 0. The van der Waals surface area contributed by atoms with Gasteiger partial charge in [0.05, 0.1) is 0 Å². The van der Waals surface area contributed by atoms with Crippen LogP contribution in [0.3, 0.4) is 0 Å². The van der Waals surface area contributed by atoms with Gasteiger partial charge in [-0.1, -0.05) is 82.8 Å². The van der Waals surface area contributed by atoms with Gasteiger partial charge in [0.25, 0.3) is 0 Å². The van der Waals surface area contributed by atoms with Crippen LogP contribution in [0.2, 0.25) is 0 Å². The lowest BCUT2D eigenvalue weighted by Gasteiger charge is -2.01. The van der Waals surface area contributed by atoms with E-state index in [-0.39, 0.29) is 0 Å². The molecule has 0 atom stereocenters. The van der Waals surface area contributed by atoms with E-state index < -0.39 is 0 Å². The fraction of sp³-hybridized carbons (Fsp3) is 0.824. The SMILES string of the molecule is [CH2]/C(C)=C/CCCCCCCCCCCCC. The van der Waals surface area contributed by atoms with Gasteiger partial charge in [0.15, 0.2) is 0 Å². The molecule has 0 amide bonds. The molecule has 0 fully saturated rings. The van der Waals surface area contributed by atoms with Gasteiger partial charge in [-0.05, 0) is 26.7 Å². The summed E-state index contributed by atoms with van der Waals surface area (Å²) in [6.07, 6.45) is 19.2. The molecule has 0 saturated heterocycles. The Bertz CT molecular complexity index is 163. The fourth-order valence-corrected chi connectivity index (χ4v) is 2.16. The largest absolute Gasteiger partial charge is 0.0856 e. The highest BCUT2D eigenvalue weighted by Crippen LogP contribution is 2.12. The molecular formula is C17H33. The van der Waals surface area contributed by atoms with E-state index in [1.807, 2.05) is 0 Å². The number of hydrogen-bond acceptors (Lipinski definition) is 0. The Labute approximate surface area is 110 Å². The third-order valence-electron chi connectivity index (χ3n) is 3.30. The molecule has 0 N–H and O–H groups in total. The van der Waals surface area contributed by atoms with Crippen LogP contribution >= 0.6 is 0 Å². The standard InChI is InChI=1S/C17H33/c1-4-5-6-7-8-9-10-11-12-13-14-15-16-17(2)3/h16H,2,4-15H2,1,3H3/b17-16-. The average Bonchev–Trinajstić information content (AvgIpc) is 2.30. The van der Waals surface area contributed by atoms with Crippen molar-refractivity contribution >= 4 is 0 Å². The van der Waals surface area contributed by atoms with Crippen LogP contribution in [0.5, 0.6) is 0 Å². The van der Waals surface area contributed by atoms with Gasteiger partial charge in [-0.2, -0.15) is 0 Å². The molecule has 0 aliphatic heterocycles. The Morgan fingerprint density at radius 2 is 1.18 bits per heavy atom. The van der Waals surface area contributed by atoms with Crippen molar-refractivity contribution in [3.63, 3.8) is 0 Å². The molecule has 0 heteroatoms. The summed E-state index contributed by atoms with van der Waals surface area (Å²) >= 11 is 0. The van der Waals surface area contributed by atoms with Gasteiger partial charge >= 0.3 is 0 Å². The van der Waals surface area contributed by atoms with Crippen LogP contribution in [0, 0.1) is 6.92 Å². The maximum Gasteiger partial charge on any atom is -0.0286 e. The third kappa shape index (κ3) is 15.7.